The smallest absolute Gasteiger partial charge is 0.127 e. The van der Waals surface area contributed by atoms with Gasteiger partial charge in [-0.2, -0.15) is 0 Å². The van der Waals surface area contributed by atoms with Gasteiger partial charge < -0.3 is 10.3 Å². The largest absolute Gasteiger partial charge is 0.384 e. The van der Waals surface area contributed by atoms with Crippen molar-refractivity contribution in [1.29, 1.82) is 0 Å². The summed E-state index contributed by atoms with van der Waals surface area (Å²) in [5.41, 5.74) is 7.66. The lowest BCUT2D eigenvalue weighted by Crippen LogP contribution is -2.14. The van der Waals surface area contributed by atoms with Gasteiger partial charge in [-0.1, -0.05) is 19.8 Å². The van der Waals surface area contributed by atoms with Gasteiger partial charge in [-0.25, -0.2) is 4.98 Å². The first kappa shape index (κ1) is 13.0. The maximum atomic E-state index is 6.45. The Kier molecular flexibility index (Phi) is 3.32. The van der Waals surface area contributed by atoms with Crippen LogP contribution in [0.25, 0.3) is 0 Å². The Labute approximate surface area is 116 Å². The van der Waals surface area contributed by atoms with E-state index in [0.717, 1.165) is 11.7 Å². The number of anilines is 1. The Bertz CT molecular complexity index is 457. The van der Waals surface area contributed by atoms with Crippen LogP contribution in [0.4, 0.5) is 5.82 Å². The topological polar surface area (TPSA) is 43.8 Å². The Morgan fingerprint density at radius 2 is 1.89 bits per heavy atom. The van der Waals surface area contributed by atoms with Crippen LogP contribution in [0.5, 0.6) is 0 Å². The van der Waals surface area contributed by atoms with E-state index in [4.69, 9.17) is 10.7 Å². The lowest BCUT2D eigenvalue weighted by atomic mass is 9.81. The first-order chi connectivity index (χ1) is 9.08. The Balaban J connectivity index is 1.94. The molecule has 0 spiro atoms. The molecular formula is C16H27N3. The minimum Gasteiger partial charge on any atom is -0.384 e. The first-order valence-corrected chi connectivity index (χ1v) is 7.95. The number of rotatable bonds is 3. The molecule has 2 N–H and O–H groups in total. The predicted molar refractivity (Wildman–Crippen MR) is 79.4 cm³/mol. The fourth-order valence-electron chi connectivity index (χ4n) is 3.64. The van der Waals surface area contributed by atoms with Crippen LogP contribution in [0.3, 0.4) is 0 Å². The fourth-order valence-corrected chi connectivity index (χ4v) is 3.64. The maximum absolute atomic E-state index is 6.45. The van der Waals surface area contributed by atoms with Crippen LogP contribution in [-0.4, -0.2) is 9.55 Å². The Hall–Kier alpha value is -0.990. The molecule has 1 aromatic heterocycles. The van der Waals surface area contributed by atoms with Crippen molar-refractivity contribution in [3.05, 3.63) is 11.5 Å². The molecule has 2 unspecified atom stereocenters. The van der Waals surface area contributed by atoms with Crippen LogP contribution in [0.2, 0.25) is 0 Å². The van der Waals surface area contributed by atoms with Crippen LogP contribution < -0.4 is 5.73 Å². The van der Waals surface area contributed by atoms with Crippen molar-refractivity contribution in [2.45, 2.75) is 77.2 Å². The van der Waals surface area contributed by atoms with Crippen molar-refractivity contribution in [1.82, 2.24) is 9.55 Å². The predicted octanol–water partition coefficient (Wildman–Crippen LogP) is 4.22. The van der Waals surface area contributed by atoms with E-state index in [1.165, 1.54) is 50.0 Å². The van der Waals surface area contributed by atoms with Crippen molar-refractivity contribution in [3.63, 3.8) is 0 Å². The highest BCUT2D eigenvalue weighted by atomic mass is 15.2. The van der Waals surface area contributed by atoms with Crippen LogP contribution in [0, 0.1) is 5.92 Å². The number of imidazole rings is 1. The molecule has 19 heavy (non-hydrogen) atoms. The van der Waals surface area contributed by atoms with Gasteiger partial charge >= 0.3 is 0 Å². The summed E-state index contributed by atoms with van der Waals surface area (Å²) in [5, 5.41) is 0. The summed E-state index contributed by atoms with van der Waals surface area (Å²) in [7, 11) is 0. The third-order valence-electron chi connectivity index (χ3n) is 4.79. The summed E-state index contributed by atoms with van der Waals surface area (Å²) in [4.78, 5) is 4.99. The maximum Gasteiger partial charge on any atom is 0.127 e. The van der Waals surface area contributed by atoms with Crippen molar-refractivity contribution in [3.8, 4) is 0 Å². The number of nitrogens with two attached hydrogens (primary N) is 1. The van der Waals surface area contributed by atoms with E-state index in [1.54, 1.807) is 0 Å². The molecule has 0 radical (unpaired) electrons. The fraction of sp³-hybridized carbons (Fsp3) is 0.812. The van der Waals surface area contributed by atoms with Gasteiger partial charge in [0.1, 0.15) is 11.6 Å². The molecule has 2 fully saturated rings. The van der Waals surface area contributed by atoms with E-state index >= 15 is 0 Å². The van der Waals surface area contributed by atoms with E-state index in [9.17, 15) is 0 Å². The van der Waals surface area contributed by atoms with E-state index in [0.29, 0.717) is 17.9 Å². The molecule has 106 valence electrons. The van der Waals surface area contributed by atoms with Crippen molar-refractivity contribution >= 4 is 5.82 Å². The average Bonchev–Trinajstić information content (AvgIpc) is 3.13. The number of aromatic nitrogens is 2. The lowest BCUT2D eigenvalue weighted by molar-refractivity contribution is 0.341. The molecule has 3 heteroatoms. The molecule has 2 aliphatic carbocycles. The van der Waals surface area contributed by atoms with Gasteiger partial charge in [-0.15, -0.1) is 0 Å². The highest BCUT2D eigenvalue weighted by Crippen LogP contribution is 2.45. The van der Waals surface area contributed by atoms with Crippen molar-refractivity contribution in [2.24, 2.45) is 5.92 Å². The van der Waals surface area contributed by atoms with Gasteiger partial charge in [-0.05, 0) is 45.4 Å². The quantitative estimate of drug-likeness (QED) is 0.885. The van der Waals surface area contributed by atoms with E-state index < -0.39 is 0 Å². The van der Waals surface area contributed by atoms with Gasteiger partial charge in [0.25, 0.3) is 0 Å². The lowest BCUT2D eigenvalue weighted by Gasteiger charge is -2.26. The summed E-state index contributed by atoms with van der Waals surface area (Å²) in [6, 6.07) is 0.429. The van der Waals surface area contributed by atoms with Crippen LogP contribution >= 0.6 is 0 Å². The normalized spacial score (nSPS) is 28.0. The zero-order chi connectivity index (χ0) is 13.6. The summed E-state index contributed by atoms with van der Waals surface area (Å²) in [5.74, 6) is 4.32. The number of nitrogen functional groups attached to an aromatic ring is 1. The van der Waals surface area contributed by atoms with Gasteiger partial charge in [-0.3, -0.25) is 0 Å². The first-order valence-electron chi connectivity index (χ1n) is 7.95. The SMILES string of the molecule is CC1CCCC(c2nc(C3CC3)n(C(C)C)c2N)C1. The van der Waals surface area contributed by atoms with Crippen LogP contribution in [0.1, 0.15) is 88.7 Å². The molecule has 1 aromatic rings. The Morgan fingerprint density at radius 1 is 1.16 bits per heavy atom. The van der Waals surface area contributed by atoms with Crippen molar-refractivity contribution < 1.29 is 0 Å². The third kappa shape index (κ3) is 2.39. The molecule has 2 aliphatic rings. The van der Waals surface area contributed by atoms with E-state index in [1.807, 2.05) is 0 Å². The highest BCUT2D eigenvalue weighted by molar-refractivity contribution is 5.42. The van der Waals surface area contributed by atoms with Crippen LogP contribution in [0.15, 0.2) is 0 Å². The third-order valence-corrected chi connectivity index (χ3v) is 4.79. The van der Waals surface area contributed by atoms with Gasteiger partial charge in [0, 0.05) is 17.9 Å². The van der Waals surface area contributed by atoms with Gasteiger partial charge in [0.05, 0.1) is 5.69 Å². The molecule has 0 aromatic carbocycles. The molecule has 2 atom stereocenters. The number of hydrogen-bond donors (Lipinski definition) is 1. The summed E-state index contributed by atoms with van der Waals surface area (Å²) in [6.07, 6.45) is 7.83. The Morgan fingerprint density at radius 3 is 2.47 bits per heavy atom. The highest BCUT2D eigenvalue weighted by Gasteiger charge is 2.34. The van der Waals surface area contributed by atoms with Crippen LogP contribution in [-0.2, 0) is 0 Å². The minimum atomic E-state index is 0.429. The standard InChI is InChI=1S/C16H27N3/c1-10(2)19-15(17)14(18-16(19)12-7-8-12)13-6-4-5-11(3)9-13/h10-13H,4-9,17H2,1-3H3. The van der Waals surface area contributed by atoms with E-state index in [2.05, 4.69) is 25.3 Å². The molecule has 0 saturated heterocycles. The second kappa shape index (κ2) is 4.84. The minimum absolute atomic E-state index is 0.429. The summed E-state index contributed by atoms with van der Waals surface area (Å²) < 4.78 is 2.30. The zero-order valence-corrected chi connectivity index (χ0v) is 12.5. The molecule has 3 rings (SSSR count). The zero-order valence-electron chi connectivity index (χ0n) is 12.5. The summed E-state index contributed by atoms with van der Waals surface area (Å²) >= 11 is 0. The van der Waals surface area contributed by atoms with Gasteiger partial charge in [0.2, 0.25) is 0 Å². The number of nitrogens with zero attached hydrogens (tertiary/aromatic N) is 2. The molecular weight excluding hydrogens is 234 g/mol. The molecule has 3 nitrogen and oxygen atoms in total. The second-order valence-electron chi connectivity index (χ2n) is 6.95. The average molecular weight is 261 g/mol. The van der Waals surface area contributed by atoms with Gasteiger partial charge in [0.15, 0.2) is 0 Å². The van der Waals surface area contributed by atoms with E-state index in [-0.39, 0.29) is 0 Å². The molecule has 0 aliphatic heterocycles. The monoisotopic (exact) mass is 261 g/mol. The molecule has 0 amide bonds. The number of hydrogen-bond acceptors (Lipinski definition) is 2. The van der Waals surface area contributed by atoms with Crippen molar-refractivity contribution in [2.75, 3.05) is 5.73 Å². The summed E-state index contributed by atoms with van der Waals surface area (Å²) in [6.45, 7) is 6.80. The molecule has 2 saturated carbocycles. The molecule has 1 heterocycles. The second-order valence-corrected chi connectivity index (χ2v) is 6.95. The molecule has 0 bridgehead atoms.